The molecule has 0 radical (unpaired) electrons. The Hall–Kier alpha value is -1.69. The zero-order valence-corrected chi connectivity index (χ0v) is 11.7. The van der Waals surface area contributed by atoms with Crippen LogP contribution >= 0.6 is 11.3 Å². The van der Waals surface area contributed by atoms with Crippen LogP contribution in [0.5, 0.6) is 0 Å². The van der Waals surface area contributed by atoms with Crippen LogP contribution in [0, 0.1) is 18.8 Å². The van der Waals surface area contributed by atoms with Gasteiger partial charge in [0.1, 0.15) is 0 Å². The molecule has 0 spiro atoms. The summed E-state index contributed by atoms with van der Waals surface area (Å²) in [6.45, 7) is 4.55. The van der Waals surface area contributed by atoms with Crippen molar-refractivity contribution in [1.29, 1.82) is 0 Å². The second kappa shape index (κ2) is 5.52. The number of carboxylic acids is 1. The van der Waals surface area contributed by atoms with Gasteiger partial charge in [-0.25, -0.2) is 4.98 Å². The highest BCUT2D eigenvalue weighted by molar-refractivity contribution is 7.09. The molecule has 1 saturated heterocycles. The van der Waals surface area contributed by atoms with Crippen LogP contribution in [0.15, 0.2) is 11.5 Å². The largest absolute Gasteiger partial charge is 0.481 e. The van der Waals surface area contributed by atoms with Crippen LogP contribution in [0.1, 0.15) is 17.6 Å². The lowest BCUT2D eigenvalue weighted by atomic mass is 9.99. The van der Waals surface area contributed by atoms with Gasteiger partial charge in [-0.3, -0.25) is 9.59 Å². The van der Waals surface area contributed by atoms with E-state index in [9.17, 15) is 9.59 Å². The molecular weight excluding hydrogens is 264 g/mol. The summed E-state index contributed by atoms with van der Waals surface area (Å²) < 4.78 is 0. The highest BCUT2D eigenvalue weighted by Crippen LogP contribution is 2.23. The van der Waals surface area contributed by atoms with Crippen LogP contribution in [-0.2, 0) is 9.59 Å². The van der Waals surface area contributed by atoms with E-state index in [1.807, 2.05) is 19.2 Å². The summed E-state index contributed by atoms with van der Waals surface area (Å²) >= 11 is 1.53. The van der Waals surface area contributed by atoms with Crippen LogP contribution < -0.4 is 0 Å². The Morgan fingerprint density at radius 3 is 2.79 bits per heavy atom. The summed E-state index contributed by atoms with van der Waals surface area (Å²) in [5.41, 5.74) is 0.762. The SMILES string of the molecule is Cc1nc(C=CC(=O)N2CC(C)C(C(=O)O)C2)cs1. The minimum Gasteiger partial charge on any atom is -0.481 e. The fourth-order valence-electron chi connectivity index (χ4n) is 2.19. The molecule has 1 amide bonds. The lowest BCUT2D eigenvalue weighted by molar-refractivity contribution is -0.142. The summed E-state index contributed by atoms with van der Waals surface area (Å²) in [6.07, 6.45) is 3.13. The van der Waals surface area contributed by atoms with Crippen LogP contribution in [0.4, 0.5) is 0 Å². The maximum atomic E-state index is 12.0. The molecule has 1 fully saturated rings. The third-order valence-corrected chi connectivity index (χ3v) is 4.07. The Balaban J connectivity index is 1.98. The molecule has 2 atom stereocenters. The van der Waals surface area contributed by atoms with Crippen molar-refractivity contribution in [2.75, 3.05) is 13.1 Å². The van der Waals surface area contributed by atoms with Crippen molar-refractivity contribution in [3.05, 3.63) is 22.2 Å². The molecular formula is C13H16N2O3S. The molecule has 102 valence electrons. The number of thiazole rings is 1. The number of nitrogens with zero attached hydrogens (tertiary/aromatic N) is 2. The predicted octanol–water partition coefficient (Wildman–Crippen LogP) is 1.64. The molecule has 0 bridgehead atoms. The second-order valence-electron chi connectivity index (χ2n) is 4.79. The Labute approximate surface area is 115 Å². The van der Waals surface area contributed by atoms with Crippen molar-refractivity contribution in [3.63, 3.8) is 0 Å². The van der Waals surface area contributed by atoms with E-state index < -0.39 is 11.9 Å². The van der Waals surface area contributed by atoms with Crippen molar-refractivity contribution in [2.45, 2.75) is 13.8 Å². The van der Waals surface area contributed by atoms with E-state index >= 15 is 0 Å². The highest BCUT2D eigenvalue weighted by Gasteiger charge is 2.36. The summed E-state index contributed by atoms with van der Waals surface area (Å²) in [4.78, 5) is 28.8. The first-order valence-electron chi connectivity index (χ1n) is 6.09. The monoisotopic (exact) mass is 280 g/mol. The Bertz CT molecular complexity index is 524. The van der Waals surface area contributed by atoms with Crippen molar-refractivity contribution >= 4 is 29.3 Å². The van der Waals surface area contributed by atoms with Crippen molar-refractivity contribution in [1.82, 2.24) is 9.88 Å². The van der Waals surface area contributed by atoms with Gasteiger partial charge in [-0.05, 0) is 18.9 Å². The molecule has 1 aliphatic heterocycles. The zero-order chi connectivity index (χ0) is 14.0. The highest BCUT2D eigenvalue weighted by atomic mass is 32.1. The second-order valence-corrected chi connectivity index (χ2v) is 5.85. The van der Waals surface area contributed by atoms with Crippen LogP contribution in [0.25, 0.3) is 6.08 Å². The van der Waals surface area contributed by atoms with Gasteiger partial charge in [0, 0.05) is 24.5 Å². The average molecular weight is 280 g/mol. The molecule has 0 aliphatic carbocycles. The smallest absolute Gasteiger partial charge is 0.308 e. The number of carbonyl (C=O) groups excluding carboxylic acids is 1. The minimum atomic E-state index is -0.832. The summed E-state index contributed by atoms with van der Waals surface area (Å²) in [5.74, 6) is -1.45. The summed E-state index contributed by atoms with van der Waals surface area (Å²) in [7, 11) is 0. The van der Waals surface area contributed by atoms with E-state index in [4.69, 9.17) is 5.11 Å². The maximum absolute atomic E-state index is 12.0. The molecule has 6 heteroatoms. The van der Waals surface area contributed by atoms with E-state index in [2.05, 4.69) is 4.98 Å². The molecule has 2 unspecified atom stereocenters. The third-order valence-electron chi connectivity index (χ3n) is 3.27. The van der Waals surface area contributed by atoms with Gasteiger partial charge in [-0.2, -0.15) is 0 Å². The molecule has 19 heavy (non-hydrogen) atoms. The van der Waals surface area contributed by atoms with Crippen LogP contribution in [0.3, 0.4) is 0 Å². The Kier molecular flexibility index (Phi) is 3.99. The summed E-state index contributed by atoms with van der Waals surface area (Å²) in [5, 5.41) is 11.9. The van der Waals surface area contributed by atoms with E-state index in [0.717, 1.165) is 10.7 Å². The van der Waals surface area contributed by atoms with Crippen LogP contribution in [0.2, 0.25) is 0 Å². The molecule has 1 N–H and O–H groups in total. The van der Waals surface area contributed by atoms with Gasteiger partial charge < -0.3 is 10.0 Å². The molecule has 0 saturated carbocycles. The van der Waals surface area contributed by atoms with Gasteiger partial charge in [0.05, 0.1) is 16.6 Å². The van der Waals surface area contributed by atoms with E-state index in [-0.39, 0.29) is 18.4 Å². The maximum Gasteiger partial charge on any atom is 0.308 e. The number of aromatic nitrogens is 1. The van der Waals surface area contributed by atoms with Gasteiger partial charge in [-0.1, -0.05) is 6.92 Å². The number of aryl methyl sites for hydroxylation is 1. The number of carboxylic acid groups (broad SMARTS) is 1. The van der Waals surface area contributed by atoms with Gasteiger partial charge in [-0.15, -0.1) is 11.3 Å². The fourth-order valence-corrected chi connectivity index (χ4v) is 2.77. The molecule has 1 aromatic rings. The lowest BCUT2D eigenvalue weighted by Crippen LogP contribution is -2.28. The molecule has 2 rings (SSSR count). The molecule has 1 aliphatic rings. The van der Waals surface area contributed by atoms with E-state index in [1.54, 1.807) is 11.0 Å². The predicted molar refractivity (Wildman–Crippen MR) is 72.8 cm³/mol. The van der Waals surface area contributed by atoms with Gasteiger partial charge in [0.2, 0.25) is 5.91 Å². The molecule has 5 nitrogen and oxygen atoms in total. The normalized spacial score (nSPS) is 23.2. The number of hydrogen-bond acceptors (Lipinski definition) is 4. The molecule has 1 aromatic heterocycles. The zero-order valence-electron chi connectivity index (χ0n) is 10.9. The fraction of sp³-hybridized carbons (Fsp3) is 0.462. The molecule has 0 aromatic carbocycles. The van der Waals surface area contributed by atoms with Gasteiger partial charge in [0.25, 0.3) is 0 Å². The number of hydrogen-bond donors (Lipinski definition) is 1. The Morgan fingerprint density at radius 1 is 1.53 bits per heavy atom. The van der Waals surface area contributed by atoms with Crippen LogP contribution in [-0.4, -0.2) is 40.0 Å². The number of carbonyl (C=O) groups is 2. The quantitative estimate of drug-likeness (QED) is 0.855. The average Bonchev–Trinajstić information content (AvgIpc) is 2.92. The first-order chi connectivity index (χ1) is 8.97. The number of amides is 1. The standard InChI is InChI=1S/C13H16N2O3S/c1-8-5-15(6-11(8)13(17)18)12(16)4-3-10-7-19-9(2)14-10/h3-4,7-8,11H,5-6H2,1-2H3,(H,17,18). The molecule has 2 heterocycles. The van der Waals surface area contributed by atoms with E-state index in [0.29, 0.717) is 6.54 Å². The van der Waals surface area contributed by atoms with Gasteiger partial charge >= 0.3 is 5.97 Å². The topological polar surface area (TPSA) is 70.5 Å². The first-order valence-corrected chi connectivity index (χ1v) is 6.97. The van der Waals surface area contributed by atoms with E-state index in [1.165, 1.54) is 17.4 Å². The minimum absolute atomic E-state index is 0.00336. The lowest BCUT2D eigenvalue weighted by Gasteiger charge is -2.12. The van der Waals surface area contributed by atoms with Crippen molar-refractivity contribution in [3.8, 4) is 0 Å². The van der Waals surface area contributed by atoms with Gasteiger partial charge in [0.15, 0.2) is 0 Å². The number of aliphatic carboxylic acids is 1. The third kappa shape index (κ3) is 3.20. The summed E-state index contributed by atoms with van der Waals surface area (Å²) in [6, 6.07) is 0. The Morgan fingerprint density at radius 2 is 2.26 bits per heavy atom. The number of likely N-dealkylation sites (tertiary alicyclic amines) is 1. The first kappa shape index (κ1) is 13.7. The van der Waals surface area contributed by atoms with Crippen molar-refractivity contribution < 1.29 is 14.7 Å². The van der Waals surface area contributed by atoms with Crippen molar-refractivity contribution in [2.24, 2.45) is 11.8 Å². The number of rotatable bonds is 3.